The van der Waals surface area contributed by atoms with Crippen LogP contribution in [-0.4, -0.2) is 50.3 Å². The predicted octanol–water partition coefficient (Wildman–Crippen LogP) is 3.97. The molecule has 1 aromatic rings. The topological polar surface area (TPSA) is 36.9 Å². The molecule has 0 bridgehead atoms. The van der Waals surface area contributed by atoms with E-state index in [9.17, 15) is 0 Å². The van der Waals surface area contributed by atoms with Crippen molar-refractivity contribution in [1.29, 1.82) is 0 Å². The van der Waals surface area contributed by atoms with Crippen molar-refractivity contribution in [3.8, 4) is 0 Å². The maximum Gasteiger partial charge on any atom is 0.193 e. The van der Waals surface area contributed by atoms with Crippen molar-refractivity contribution in [2.24, 2.45) is 10.4 Å². The molecule has 4 nitrogen and oxygen atoms in total. The monoisotopic (exact) mass is 469 g/mol. The van der Waals surface area contributed by atoms with E-state index in [1.165, 1.54) is 30.4 Å². The van der Waals surface area contributed by atoms with Crippen LogP contribution >= 0.6 is 24.0 Å². The van der Waals surface area contributed by atoms with Crippen LogP contribution in [0.1, 0.15) is 56.1 Å². The number of likely N-dealkylation sites (tertiary alicyclic amines) is 1. The van der Waals surface area contributed by atoms with E-state index < -0.39 is 0 Å². The van der Waals surface area contributed by atoms with Crippen LogP contribution in [0.25, 0.3) is 0 Å². The molecule has 1 spiro atoms. The molecule has 1 N–H and O–H groups in total. The summed E-state index contributed by atoms with van der Waals surface area (Å²) in [6.45, 7) is 8.54. The van der Waals surface area contributed by atoms with Crippen molar-refractivity contribution < 1.29 is 4.74 Å². The number of hydrogen-bond donors (Lipinski definition) is 1. The molecule has 1 saturated carbocycles. The Morgan fingerprint density at radius 1 is 1.27 bits per heavy atom. The van der Waals surface area contributed by atoms with Crippen molar-refractivity contribution >= 4 is 29.9 Å². The van der Waals surface area contributed by atoms with Crippen molar-refractivity contribution in [1.82, 2.24) is 10.2 Å². The minimum Gasteiger partial charge on any atom is -0.381 e. The molecule has 0 amide bonds. The van der Waals surface area contributed by atoms with Gasteiger partial charge in [-0.15, -0.1) is 24.0 Å². The van der Waals surface area contributed by atoms with Crippen LogP contribution in [0.15, 0.2) is 29.3 Å². The highest BCUT2D eigenvalue weighted by atomic mass is 127. The number of benzene rings is 1. The Labute approximate surface area is 174 Å². The highest BCUT2D eigenvalue weighted by Crippen LogP contribution is 2.42. The first-order valence-corrected chi connectivity index (χ1v) is 9.76. The van der Waals surface area contributed by atoms with Crippen molar-refractivity contribution in [2.75, 3.05) is 33.4 Å². The second kappa shape index (κ2) is 8.05. The molecule has 0 radical (unpaired) electrons. The van der Waals surface area contributed by atoms with E-state index in [2.05, 4.69) is 53.3 Å². The summed E-state index contributed by atoms with van der Waals surface area (Å²) in [4.78, 5) is 7.00. The van der Waals surface area contributed by atoms with Gasteiger partial charge in [-0.05, 0) is 36.3 Å². The van der Waals surface area contributed by atoms with Crippen molar-refractivity contribution in [2.45, 2.75) is 51.0 Å². The maximum atomic E-state index is 5.65. The molecule has 1 aromatic carbocycles. The van der Waals surface area contributed by atoms with E-state index in [0.29, 0.717) is 23.3 Å². The third kappa shape index (κ3) is 4.03. The van der Waals surface area contributed by atoms with Crippen molar-refractivity contribution in [3.05, 3.63) is 35.4 Å². The summed E-state index contributed by atoms with van der Waals surface area (Å²) in [5.41, 5.74) is 3.26. The normalized spacial score (nSPS) is 30.8. The fraction of sp³-hybridized carbons (Fsp3) is 0.667. The van der Waals surface area contributed by atoms with Crippen LogP contribution in [0, 0.1) is 5.41 Å². The second-order valence-corrected chi connectivity index (χ2v) is 8.44. The molecule has 4 rings (SSSR count). The zero-order valence-corrected chi connectivity index (χ0v) is 18.5. The Balaban J connectivity index is 0.00000196. The van der Waals surface area contributed by atoms with E-state index in [0.717, 1.165) is 32.3 Å². The molecule has 26 heavy (non-hydrogen) atoms. The third-order valence-electron chi connectivity index (χ3n) is 6.27. The number of nitrogens with one attached hydrogen (secondary N) is 1. The van der Waals surface area contributed by atoms with Crippen LogP contribution in [0.5, 0.6) is 0 Å². The quantitative estimate of drug-likeness (QED) is 0.414. The Bertz CT molecular complexity index is 637. The Morgan fingerprint density at radius 3 is 2.65 bits per heavy atom. The standard InChI is InChI=1S/C21H31N3O.HI/c1-15(2)16-4-6-17(7-5-16)18-12-19(18)23-20(22-3)24-10-8-21(13-24)9-11-25-14-21;/h4-7,15,18-19H,8-14H2,1-3H3,(H,22,23);1H. The number of halogens is 1. The van der Waals surface area contributed by atoms with Crippen LogP contribution in [0.2, 0.25) is 0 Å². The third-order valence-corrected chi connectivity index (χ3v) is 6.27. The fourth-order valence-electron chi connectivity index (χ4n) is 4.40. The first kappa shape index (κ1) is 19.9. The summed E-state index contributed by atoms with van der Waals surface area (Å²) in [7, 11) is 1.91. The van der Waals surface area contributed by atoms with Gasteiger partial charge in [-0.3, -0.25) is 4.99 Å². The summed E-state index contributed by atoms with van der Waals surface area (Å²) >= 11 is 0. The number of ether oxygens (including phenoxy) is 1. The minimum absolute atomic E-state index is 0. The molecular weight excluding hydrogens is 437 g/mol. The molecule has 2 saturated heterocycles. The van der Waals surface area contributed by atoms with Crippen LogP contribution < -0.4 is 5.32 Å². The lowest BCUT2D eigenvalue weighted by Gasteiger charge is -2.25. The number of rotatable bonds is 3. The summed E-state index contributed by atoms with van der Waals surface area (Å²) < 4.78 is 5.65. The van der Waals surface area contributed by atoms with Crippen LogP contribution in [-0.2, 0) is 4.74 Å². The summed E-state index contributed by atoms with van der Waals surface area (Å²) in [5.74, 6) is 2.31. The second-order valence-electron chi connectivity index (χ2n) is 8.44. The first-order chi connectivity index (χ1) is 12.1. The van der Waals surface area contributed by atoms with Gasteiger partial charge in [-0.2, -0.15) is 0 Å². The van der Waals surface area contributed by atoms with Gasteiger partial charge in [0.25, 0.3) is 0 Å². The van der Waals surface area contributed by atoms with Crippen LogP contribution in [0.3, 0.4) is 0 Å². The van der Waals surface area contributed by atoms with Crippen molar-refractivity contribution in [3.63, 3.8) is 0 Å². The highest BCUT2D eigenvalue weighted by Gasteiger charge is 2.44. The van der Waals surface area contributed by atoms with E-state index in [4.69, 9.17) is 4.74 Å². The van der Waals surface area contributed by atoms with Gasteiger partial charge in [-0.1, -0.05) is 38.1 Å². The molecular formula is C21H32IN3O. The molecule has 3 unspecified atom stereocenters. The minimum atomic E-state index is 0. The van der Waals surface area contributed by atoms with Gasteiger partial charge in [0.2, 0.25) is 0 Å². The molecule has 3 fully saturated rings. The average Bonchev–Trinajstić information content (AvgIpc) is 3.04. The van der Waals surface area contributed by atoms with Gasteiger partial charge in [0.15, 0.2) is 5.96 Å². The zero-order chi connectivity index (χ0) is 17.4. The van der Waals surface area contributed by atoms with Gasteiger partial charge in [0.05, 0.1) is 6.61 Å². The van der Waals surface area contributed by atoms with E-state index >= 15 is 0 Å². The number of hydrogen-bond acceptors (Lipinski definition) is 2. The summed E-state index contributed by atoms with van der Waals surface area (Å²) in [6, 6.07) is 9.72. The molecule has 3 aliphatic rings. The Kier molecular flexibility index (Phi) is 6.17. The SMILES string of the molecule is CN=C(NC1CC1c1ccc(C(C)C)cc1)N1CCC2(CCOC2)C1.I. The Morgan fingerprint density at radius 2 is 2.04 bits per heavy atom. The lowest BCUT2D eigenvalue weighted by molar-refractivity contribution is 0.156. The fourth-order valence-corrected chi connectivity index (χ4v) is 4.40. The summed E-state index contributed by atoms with van der Waals surface area (Å²) in [5, 5.41) is 3.71. The van der Waals surface area contributed by atoms with E-state index in [-0.39, 0.29) is 24.0 Å². The number of guanidine groups is 1. The zero-order valence-electron chi connectivity index (χ0n) is 16.2. The molecule has 3 atom stereocenters. The molecule has 2 heterocycles. The molecule has 0 aromatic heterocycles. The average molecular weight is 469 g/mol. The number of aliphatic imine (C=N–C) groups is 1. The van der Waals surface area contributed by atoms with Gasteiger partial charge < -0.3 is 15.0 Å². The van der Waals surface area contributed by atoms with Gasteiger partial charge in [0, 0.05) is 44.1 Å². The highest BCUT2D eigenvalue weighted by molar-refractivity contribution is 14.0. The lowest BCUT2D eigenvalue weighted by Crippen LogP contribution is -2.42. The Hall–Kier alpha value is -0.820. The van der Waals surface area contributed by atoms with Gasteiger partial charge >= 0.3 is 0 Å². The molecule has 2 aliphatic heterocycles. The van der Waals surface area contributed by atoms with E-state index in [1.807, 2.05) is 7.05 Å². The van der Waals surface area contributed by atoms with Crippen LogP contribution in [0.4, 0.5) is 0 Å². The smallest absolute Gasteiger partial charge is 0.193 e. The van der Waals surface area contributed by atoms with Gasteiger partial charge in [-0.25, -0.2) is 0 Å². The largest absolute Gasteiger partial charge is 0.381 e. The predicted molar refractivity (Wildman–Crippen MR) is 118 cm³/mol. The molecule has 5 heteroatoms. The van der Waals surface area contributed by atoms with E-state index in [1.54, 1.807) is 0 Å². The molecule has 144 valence electrons. The summed E-state index contributed by atoms with van der Waals surface area (Å²) in [6.07, 6.45) is 3.65. The maximum absolute atomic E-state index is 5.65. The number of nitrogens with zero attached hydrogens (tertiary/aromatic N) is 2. The first-order valence-electron chi connectivity index (χ1n) is 9.76. The molecule has 1 aliphatic carbocycles. The lowest BCUT2D eigenvalue weighted by atomic mass is 9.87. The van der Waals surface area contributed by atoms with Gasteiger partial charge in [0.1, 0.15) is 0 Å².